The van der Waals surface area contributed by atoms with E-state index in [1.165, 1.54) is 4.31 Å². The van der Waals surface area contributed by atoms with Crippen molar-refractivity contribution >= 4 is 50.8 Å². The summed E-state index contributed by atoms with van der Waals surface area (Å²) in [4.78, 5) is 27.9. The second-order valence-corrected chi connectivity index (χ2v) is 14.4. The van der Waals surface area contributed by atoms with Crippen molar-refractivity contribution in [3.63, 3.8) is 0 Å². The monoisotopic (exact) mass is 644 g/mol. The third-order valence-corrected chi connectivity index (χ3v) is 10.7. The summed E-state index contributed by atoms with van der Waals surface area (Å²) < 4.78 is 35.4. The van der Waals surface area contributed by atoms with Gasteiger partial charge in [-0.25, -0.2) is 8.42 Å². The summed E-state index contributed by atoms with van der Waals surface area (Å²) in [5, 5.41) is 10.2. The smallest absolute Gasteiger partial charge is 0.306 e. The molecule has 0 aromatic heterocycles. The predicted molar refractivity (Wildman–Crippen MR) is 167 cm³/mol. The number of nitrogens with zero attached hydrogens (tertiary/aromatic N) is 2. The van der Waals surface area contributed by atoms with Crippen LogP contribution in [0.2, 0.25) is 10.0 Å². The van der Waals surface area contributed by atoms with Crippen LogP contribution in [0.15, 0.2) is 78.9 Å². The van der Waals surface area contributed by atoms with Crippen LogP contribution in [0.1, 0.15) is 56.4 Å². The van der Waals surface area contributed by atoms with Gasteiger partial charge in [0.15, 0.2) is 0 Å². The van der Waals surface area contributed by atoms with E-state index in [1.54, 1.807) is 71.6 Å². The normalized spacial score (nSPS) is 21.6. The molecule has 3 aromatic carbocycles. The fourth-order valence-corrected chi connectivity index (χ4v) is 7.84. The van der Waals surface area contributed by atoms with E-state index in [1.807, 2.05) is 26.0 Å². The molecule has 1 aliphatic heterocycles. The average Bonchev–Trinajstić information content (AvgIpc) is 3.82. The number of amides is 1. The molecule has 8 nitrogen and oxygen atoms in total. The molecule has 1 saturated carbocycles. The summed E-state index contributed by atoms with van der Waals surface area (Å²) in [6, 6.07) is 21.6. The molecule has 1 amide bonds. The van der Waals surface area contributed by atoms with Gasteiger partial charge < -0.3 is 14.7 Å². The predicted octanol–water partition coefficient (Wildman–Crippen LogP) is 6.50. The average molecular weight is 646 g/mol. The third-order valence-electron chi connectivity index (χ3n) is 7.95. The SMILES string of the molecule is CC(C)[C@@H](CN(c1ccccc1)S(=O)(=O)C1CC1)N1C(=O)[C@H](CC(=O)O)O[C@H](c2cccc(Cl)c2)[C@H]1c1ccc(Cl)cc1. The molecular weight excluding hydrogens is 611 g/mol. The summed E-state index contributed by atoms with van der Waals surface area (Å²) in [5.74, 6) is -1.92. The summed E-state index contributed by atoms with van der Waals surface area (Å²) in [5.41, 5.74) is 1.88. The standard InChI is InChI=1S/C32H34Cl2N2O6S/c1-20(2)27(19-35(25-9-4-3-5-10-25)43(40,41)26-15-16-26)36-30(21-11-13-23(33)14-12-21)31(22-7-6-8-24(34)17-22)42-28(32(36)39)18-29(37)38/h3-14,17,20,26-28,30-31H,15-16,18-19H2,1-2H3,(H,37,38)/t27-,28+,30-,31-/m1/s1. The fraction of sp³-hybridized carbons (Fsp3) is 0.375. The Bertz CT molecular complexity index is 1560. The van der Waals surface area contributed by atoms with Gasteiger partial charge in [-0.15, -0.1) is 0 Å². The highest BCUT2D eigenvalue weighted by Crippen LogP contribution is 2.46. The van der Waals surface area contributed by atoms with Crippen LogP contribution < -0.4 is 4.31 Å². The van der Waals surface area contributed by atoms with Gasteiger partial charge in [0.2, 0.25) is 10.0 Å². The van der Waals surface area contributed by atoms with Crippen molar-refractivity contribution in [3.8, 4) is 0 Å². The van der Waals surface area contributed by atoms with Gasteiger partial charge in [-0.05, 0) is 66.3 Å². The van der Waals surface area contributed by atoms with Crippen LogP contribution in [0.5, 0.6) is 0 Å². The second kappa shape index (κ2) is 12.9. The van der Waals surface area contributed by atoms with Crippen molar-refractivity contribution in [1.29, 1.82) is 0 Å². The molecule has 11 heteroatoms. The van der Waals surface area contributed by atoms with E-state index in [-0.39, 0.29) is 12.5 Å². The Morgan fingerprint density at radius 1 is 0.977 bits per heavy atom. The molecule has 2 aliphatic rings. The lowest BCUT2D eigenvalue weighted by Gasteiger charge is -2.50. The minimum absolute atomic E-state index is 0.0155. The van der Waals surface area contributed by atoms with Crippen LogP contribution in [-0.4, -0.2) is 54.2 Å². The molecule has 2 fully saturated rings. The van der Waals surface area contributed by atoms with E-state index >= 15 is 0 Å². The van der Waals surface area contributed by atoms with Crippen LogP contribution in [0.3, 0.4) is 0 Å². The number of morpholine rings is 1. The number of carbonyl (C=O) groups excluding carboxylic acids is 1. The summed E-state index contributed by atoms with van der Waals surface area (Å²) >= 11 is 12.6. The van der Waals surface area contributed by atoms with Gasteiger partial charge in [-0.3, -0.25) is 13.9 Å². The lowest BCUT2D eigenvalue weighted by atomic mass is 9.88. The zero-order valence-electron chi connectivity index (χ0n) is 23.8. The summed E-state index contributed by atoms with van der Waals surface area (Å²) in [6.45, 7) is 3.85. The number of carboxylic acid groups (broad SMARTS) is 1. The minimum Gasteiger partial charge on any atom is -0.481 e. The molecular formula is C32H34Cl2N2O6S. The zero-order valence-corrected chi connectivity index (χ0v) is 26.2. The molecule has 5 rings (SSSR count). The number of carbonyl (C=O) groups is 2. The molecule has 228 valence electrons. The van der Waals surface area contributed by atoms with Gasteiger partial charge in [-0.2, -0.15) is 0 Å². The molecule has 1 N–H and O–H groups in total. The number of aliphatic carboxylic acids is 1. The molecule has 4 atom stereocenters. The Morgan fingerprint density at radius 3 is 2.23 bits per heavy atom. The number of ether oxygens (including phenoxy) is 1. The van der Waals surface area contributed by atoms with Crippen molar-refractivity contribution in [2.24, 2.45) is 5.92 Å². The highest BCUT2D eigenvalue weighted by molar-refractivity contribution is 7.93. The molecule has 43 heavy (non-hydrogen) atoms. The number of benzene rings is 3. The largest absolute Gasteiger partial charge is 0.481 e. The summed E-state index contributed by atoms with van der Waals surface area (Å²) in [6.07, 6.45) is -1.48. The maximum Gasteiger partial charge on any atom is 0.306 e. The number of carboxylic acids is 1. The number of hydrogen-bond acceptors (Lipinski definition) is 5. The zero-order chi connectivity index (χ0) is 30.9. The van der Waals surface area contributed by atoms with Crippen LogP contribution >= 0.6 is 23.2 Å². The van der Waals surface area contributed by atoms with Crippen LogP contribution in [0.4, 0.5) is 5.69 Å². The van der Waals surface area contributed by atoms with Gasteiger partial charge in [0.1, 0.15) is 12.2 Å². The molecule has 0 unspecified atom stereocenters. The minimum atomic E-state index is -3.72. The second-order valence-electron chi connectivity index (χ2n) is 11.4. The Labute approximate surface area is 262 Å². The Balaban J connectivity index is 1.67. The topological polar surface area (TPSA) is 104 Å². The number of anilines is 1. The maximum absolute atomic E-state index is 14.3. The number of halogens is 2. The highest BCUT2D eigenvalue weighted by Gasteiger charge is 2.50. The van der Waals surface area contributed by atoms with E-state index in [4.69, 9.17) is 27.9 Å². The van der Waals surface area contributed by atoms with Crippen LogP contribution in [0, 0.1) is 5.92 Å². The Kier molecular flexibility index (Phi) is 9.37. The van der Waals surface area contributed by atoms with Crippen molar-refractivity contribution in [3.05, 3.63) is 100 Å². The Morgan fingerprint density at radius 2 is 1.65 bits per heavy atom. The summed E-state index contributed by atoms with van der Waals surface area (Å²) in [7, 11) is -3.72. The molecule has 0 spiro atoms. The van der Waals surface area contributed by atoms with Gasteiger partial charge in [0.25, 0.3) is 5.91 Å². The van der Waals surface area contributed by atoms with Crippen LogP contribution in [-0.2, 0) is 24.3 Å². The first-order valence-electron chi connectivity index (χ1n) is 14.2. The number of hydrogen-bond donors (Lipinski definition) is 1. The quantitative estimate of drug-likeness (QED) is 0.255. The molecule has 0 bridgehead atoms. The number of para-hydroxylation sites is 1. The highest BCUT2D eigenvalue weighted by atomic mass is 35.5. The van der Waals surface area contributed by atoms with Crippen molar-refractivity contribution < 1.29 is 27.9 Å². The third kappa shape index (κ3) is 6.85. The molecule has 0 radical (unpaired) electrons. The number of sulfonamides is 1. The molecule has 3 aromatic rings. The van der Waals surface area contributed by atoms with Crippen LogP contribution in [0.25, 0.3) is 0 Å². The maximum atomic E-state index is 14.3. The number of rotatable bonds is 11. The Hall–Kier alpha value is -3.11. The molecule has 1 saturated heterocycles. The van der Waals surface area contributed by atoms with Crippen molar-refractivity contribution in [1.82, 2.24) is 4.90 Å². The van der Waals surface area contributed by atoms with E-state index < -0.39 is 57.9 Å². The lowest BCUT2D eigenvalue weighted by Crippen LogP contribution is -2.59. The molecule has 1 aliphatic carbocycles. The first kappa shape index (κ1) is 31.3. The molecule has 1 heterocycles. The lowest BCUT2D eigenvalue weighted by molar-refractivity contribution is -0.184. The van der Waals surface area contributed by atoms with E-state index in [0.717, 1.165) is 0 Å². The van der Waals surface area contributed by atoms with Gasteiger partial charge >= 0.3 is 5.97 Å². The van der Waals surface area contributed by atoms with E-state index in [9.17, 15) is 23.1 Å². The van der Waals surface area contributed by atoms with Crippen molar-refractivity contribution in [2.45, 2.75) is 62.7 Å². The van der Waals surface area contributed by atoms with Gasteiger partial charge in [-0.1, -0.05) is 79.5 Å². The van der Waals surface area contributed by atoms with E-state index in [0.29, 0.717) is 39.7 Å². The van der Waals surface area contributed by atoms with E-state index in [2.05, 4.69) is 0 Å². The van der Waals surface area contributed by atoms with Gasteiger partial charge in [0.05, 0.1) is 36.0 Å². The first-order valence-corrected chi connectivity index (χ1v) is 16.5. The first-order chi connectivity index (χ1) is 20.5. The fourth-order valence-electron chi connectivity index (χ4n) is 5.65. The van der Waals surface area contributed by atoms with Gasteiger partial charge in [0, 0.05) is 10.0 Å². The van der Waals surface area contributed by atoms with Crippen molar-refractivity contribution in [2.75, 3.05) is 10.8 Å².